The van der Waals surface area contributed by atoms with Gasteiger partial charge in [0.1, 0.15) is 0 Å². The third-order valence-electron chi connectivity index (χ3n) is 4.00. The van der Waals surface area contributed by atoms with Gasteiger partial charge in [0.05, 0.1) is 11.8 Å². The lowest BCUT2D eigenvalue weighted by atomic mass is 9.86. The van der Waals surface area contributed by atoms with E-state index in [4.69, 9.17) is 0 Å². The number of hydrogen-bond acceptors (Lipinski definition) is 2. The number of nitrogens with one attached hydrogen (secondary N) is 1. The maximum atomic E-state index is 12.1. The molecule has 0 aliphatic rings. The molecule has 0 aliphatic carbocycles. The second-order valence-corrected chi connectivity index (χ2v) is 8.13. The van der Waals surface area contributed by atoms with E-state index >= 15 is 0 Å². The normalized spacial score (nSPS) is 12.7. The van der Waals surface area contributed by atoms with Crippen LogP contribution in [0.15, 0.2) is 54.6 Å². The first-order chi connectivity index (χ1) is 11.4. The molecule has 2 nitrogen and oxygen atoms in total. The van der Waals surface area contributed by atoms with Crippen LogP contribution in [0.25, 0.3) is 0 Å². The molecule has 0 spiro atoms. The van der Waals surface area contributed by atoms with Crippen molar-refractivity contribution < 1.29 is 4.79 Å². The molecule has 2 aromatic carbocycles. The molecule has 0 unspecified atom stereocenters. The highest BCUT2D eigenvalue weighted by molar-refractivity contribution is 7.99. The minimum absolute atomic E-state index is 0.0313. The Kier molecular flexibility index (Phi) is 6.50. The van der Waals surface area contributed by atoms with Gasteiger partial charge in [0.15, 0.2) is 0 Å². The van der Waals surface area contributed by atoms with Crippen molar-refractivity contribution in [2.24, 2.45) is 0 Å². The van der Waals surface area contributed by atoms with Crippen LogP contribution in [0.5, 0.6) is 0 Å². The third kappa shape index (κ3) is 5.72. The molecule has 0 heterocycles. The molecule has 0 aromatic heterocycles. The second kappa shape index (κ2) is 8.39. The van der Waals surface area contributed by atoms with Gasteiger partial charge >= 0.3 is 0 Å². The summed E-state index contributed by atoms with van der Waals surface area (Å²) >= 11 is 1.65. The van der Waals surface area contributed by atoms with Gasteiger partial charge in [-0.15, -0.1) is 11.8 Å². The zero-order valence-corrected chi connectivity index (χ0v) is 15.8. The van der Waals surface area contributed by atoms with Crippen molar-refractivity contribution in [2.75, 3.05) is 5.75 Å². The van der Waals surface area contributed by atoms with Gasteiger partial charge in [-0.2, -0.15) is 0 Å². The van der Waals surface area contributed by atoms with E-state index in [2.05, 4.69) is 62.5 Å². The summed E-state index contributed by atoms with van der Waals surface area (Å²) in [4.78, 5) is 12.1. The molecule has 0 aliphatic heterocycles. The lowest BCUT2D eigenvalue weighted by Gasteiger charge is -2.20. The average Bonchev–Trinajstić information content (AvgIpc) is 2.55. The van der Waals surface area contributed by atoms with E-state index in [9.17, 15) is 4.79 Å². The smallest absolute Gasteiger partial charge is 0.230 e. The fourth-order valence-electron chi connectivity index (χ4n) is 2.47. The van der Waals surface area contributed by atoms with Crippen LogP contribution in [0, 0.1) is 0 Å². The molecule has 128 valence electrons. The molecule has 0 saturated heterocycles. The maximum Gasteiger partial charge on any atom is 0.230 e. The first-order valence-electron chi connectivity index (χ1n) is 8.38. The van der Waals surface area contributed by atoms with Crippen molar-refractivity contribution in [3.63, 3.8) is 0 Å². The van der Waals surface area contributed by atoms with Gasteiger partial charge < -0.3 is 5.32 Å². The molecule has 0 fully saturated rings. The average molecular weight is 342 g/mol. The van der Waals surface area contributed by atoms with Crippen molar-refractivity contribution in [3.05, 3.63) is 71.3 Å². The number of carbonyl (C=O) groups excluding carboxylic acids is 1. The first kappa shape index (κ1) is 18.6. The summed E-state index contributed by atoms with van der Waals surface area (Å²) in [5.41, 5.74) is 3.85. The van der Waals surface area contributed by atoms with E-state index in [1.54, 1.807) is 11.8 Å². The Hall–Kier alpha value is -1.74. The van der Waals surface area contributed by atoms with E-state index in [1.807, 2.05) is 25.1 Å². The molecule has 0 saturated carbocycles. The van der Waals surface area contributed by atoms with Crippen molar-refractivity contribution in [1.82, 2.24) is 5.32 Å². The van der Waals surface area contributed by atoms with Gasteiger partial charge in [-0.25, -0.2) is 0 Å². The number of amides is 1. The highest BCUT2D eigenvalue weighted by Crippen LogP contribution is 2.24. The Bertz CT molecular complexity index is 644. The lowest BCUT2D eigenvalue weighted by molar-refractivity contribution is -0.119. The van der Waals surface area contributed by atoms with Crippen LogP contribution in [0.4, 0.5) is 0 Å². The molecule has 2 rings (SSSR count). The molecule has 24 heavy (non-hydrogen) atoms. The molecule has 0 radical (unpaired) electrons. The monoisotopic (exact) mass is 341 g/mol. The molecule has 1 amide bonds. The van der Waals surface area contributed by atoms with E-state index in [1.165, 1.54) is 11.1 Å². The largest absolute Gasteiger partial charge is 0.349 e. The SMILES string of the molecule is C[C@H](NC(=O)CSCc1ccccc1)c1ccc(C(C)(C)C)cc1. The Morgan fingerprint density at radius 1 is 1.04 bits per heavy atom. The third-order valence-corrected chi connectivity index (χ3v) is 5.00. The number of carbonyl (C=O) groups is 1. The molecule has 1 N–H and O–H groups in total. The zero-order chi connectivity index (χ0) is 17.6. The van der Waals surface area contributed by atoms with Crippen LogP contribution in [-0.4, -0.2) is 11.7 Å². The Morgan fingerprint density at radius 2 is 1.67 bits per heavy atom. The summed E-state index contributed by atoms with van der Waals surface area (Å²) in [6.07, 6.45) is 0. The quantitative estimate of drug-likeness (QED) is 0.792. The standard InChI is InChI=1S/C21H27NOS/c1-16(18-10-12-19(13-11-18)21(2,3)4)22-20(23)15-24-14-17-8-6-5-7-9-17/h5-13,16H,14-15H2,1-4H3,(H,22,23)/t16-/m0/s1. The van der Waals surface area contributed by atoms with E-state index < -0.39 is 0 Å². The Labute approximate surface area is 150 Å². The minimum Gasteiger partial charge on any atom is -0.349 e. The lowest BCUT2D eigenvalue weighted by Crippen LogP contribution is -2.28. The van der Waals surface area contributed by atoms with Crippen LogP contribution in [0.1, 0.15) is 50.4 Å². The van der Waals surface area contributed by atoms with Gasteiger partial charge in [-0.05, 0) is 29.0 Å². The van der Waals surface area contributed by atoms with Gasteiger partial charge in [0, 0.05) is 5.75 Å². The molecule has 0 bridgehead atoms. The van der Waals surface area contributed by atoms with Gasteiger partial charge in [0.2, 0.25) is 5.91 Å². The van der Waals surface area contributed by atoms with Gasteiger partial charge in [-0.1, -0.05) is 75.4 Å². The van der Waals surface area contributed by atoms with Crippen LogP contribution in [-0.2, 0) is 16.0 Å². The first-order valence-corrected chi connectivity index (χ1v) is 9.53. The summed E-state index contributed by atoms with van der Waals surface area (Å²) in [5.74, 6) is 1.44. The van der Waals surface area contributed by atoms with Gasteiger partial charge in [0.25, 0.3) is 0 Å². The van der Waals surface area contributed by atoms with E-state index in [0.29, 0.717) is 5.75 Å². The summed E-state index contributed by atoms with van der Waals surface area (Å²) in [6.45, 7) is 8.65. The predicted molar refractivity (Wildman–Crippen MR) is 104 cm³/mol. The summed E-state index contributed by atoms with van der Waals surface area (Å²) in [7, 11) is 0. The fourth-order valence-corrected chi connectivity index (χ4v) is 3.27. The van der Waals surface area contributed by atoms with Crippen LogP contribution in [0.2, 0.25) is 0 Å². The van der Waals surface area contributed by atoms with Crippen molar-refractivity contribution in [3.8, 4) is 0 Å². The molecule has 2 aromatic rings. The Balaban J connectivity index is 1.80. The van der Waals surface area contributed by atoms with Crippen LogP contribution in [0.3, 0.4) is 0 Å². The van der Waals surface area contributed by atoms with Crippen LogP contribution < -0.4 is 5.32 Å². The minimum atomic E-state index is 0.0313. The number of hydrogen-bond donors (Lipinski definition) is 1. The Morgan fingerprint density at radius 3 is 2.25 bits per heavy atom. The maximum absolute atomic E-state index is 12.1. The van der Waals surface area contributed by atoms with Crippen molar-refractivity contribution in [2.45, 2.75) is 44.9 Å². The number of thioether (sulfide) groups is 1. The van der Waals surface area contributed by atoms with E-state index in [-0.39, 0.29) is 17.4 Å². The summed E-state index contributed by atoms with van der Waals surface area (Å²) in [6, 6.07) is 18.8. The van der Waals surface area contributed by atoms with E-state index in [0.717, 1.165) is 11.3 Å². The fraction of sp³-hybridized carbons (Fsp3) is 0.381. The number of benzene rings is 2. The van der Waals surface area contributed by atoms with Crippen molar-refractivity contribution >= 4 is 17.7 Å². The molecule has 3 heteroatoms. The highest BCUT2D eigenvalue weighted by Gasteiger charge is 2.14. The molecular weight excluding hydrogens is 314 g/mol. The predicted octanol–water partition coefficient (Wildman–Crippen LogP) is 5.09. The summed E-state index contributed by atoms with van der Waals surface area (Å²) < 4.78 is 0. The van der Waals surface area contributed by atoms with Crippen LogP contribution >= 0.6 is 11.8 Å². The second-order valence-electron chi connectivity index (χ2n) is 7.14. The van der Waals surface area contributed by atoms with Crippen molar-refractivity contribution in [1.29, 1.82) is 0 Å². The topological polar surface area (TPSA) is 29.1 Å². The molecule has 1 atom stereocenters. The highest BCUT2D eigenvalue weighted by atomic mass is 32.2. The van der Waals surface area contributed by atoms with Gasteiger partial charge in [-0.3, -0.25) is 4.79 Å². The number of rotatable bonds is 6. The molecular formula is C21H27NOS. The zero-order valence-electron chi connectivity index (χ0n) is 15.0. The summed E-state index contributed by atoms with van der Waals surface area (Å²) in [5, 5.41) is 3.08.